The first-order chi connectivity index (χ1) is 9.02. The van der Waals surface area contributed by atoms with Gasteiger partial charge in [0.15, 0.2) is 0 Å². The molecular weight excluding hydrogens is 314 g/mol. The molecule has 0 aliphatic carbocycles. The molecular formula is C11H12BrN5O2. The van der Waals surface area contributed by atoms with E-state index in [4.69, 9.17) is 5.73 Å². The van der Waals surface area contributed by atoms with Gasteiger partial charge in [0.2, 0.25) is 0 Å². The number of halogens is 1. The van der Waals surface area contributed by atoms with Gasteiger partial charge in [0.1, 0.15) is 0 Å². The van der Waals surface area contributed by atoms with E-state index in [9.17, 15) is 10.1 Å². The Balaban J connectivity index is 2.48. The van der Waals surface area contributed by atoms with E-state index in [-0.39, 0.29) is 5.69 Å². The fourth-order valence-corrected chi connectivity index (χ4v) is 2.34. The van der Waals surface area contributed by atoms with Crippen LogP contribution in [-0.4, -0.2) is 26.5 Å². The van der Waals surface area contributed by atoms with Crippen LogP contribution in [0.25, 0.3) is 5.69 Å². The zero-order valence-corrected chi connectivity index (χ0v) is 11.8. The van der Waals surface area contributed by atoms with Crippen LogP contribution in [0.5, 0.6) is 0 Å². The Morgan fingerprint density at radius 2 is 2.26 bits per heavy atom. The van der Waals surface area contributed by atoms with Gasteiger partial charge in [-0.15, -0.1) is 5.10 Å². The summed E-state index contributed by atoms with van der Waals surface area (Å²) in [4.78, 5) is 10.5. The van der Waals surface area contributed by atoms with Crippen LogP contribution in [0.1, 0.15) is 11.3 Å². The van der Waals surface area contributed by atoms with E-state index < -0.39 is 4.92 Å². The van der Waals surface area contributed by atoms with Crippen LogP contribution in [-0.2, 0) is 6.42 Å². The van der Waals surface area contributed by atoms with Crippen molar-refractivity contribution in [3.63, 3.8) is 0 Å². The normalized spacial score (nSPS) is 10.7. The van der Waals surface area contributed by atoms with Gasteiger partial charge in [-0.25, -0.2) is 4.68 Å². The van der Waals surface area contributed by atoms with Gasteiger partial charge in [0, 0.05) is 22.5 Å². The average molecular weight is 326 g/mol. The molecule has 0 aliphatic heterocycles. The first kappa shape index (κ1) is 13.6. The minimum Gasteiger partial charge on any atom is -0.330 e. The zero-order chi connectivity index (χ0) is 14.0. The lowest BCUT2D eigenvalue weighted by molar-refractivity contribution is -0.385. The highest BCUT2D eigenvalue weighted by atomic mass is 79.9. The molecule has 1 heterocycles. The summed E-state index contributed by atoms with van der Waals surface area (Å²) >= 11 is 3.38. The van der Waals surface area contributed by atoms with Crippen molar-refractivity contribution >= 4 is 21.6 Å². The molecule has 0 unspecified atom stereocenters. The largest absolute Gasteiger partial charge is 0.330 e. The van der Waals surface area contributed by atoms with Crippen molar-refractivity contribution in [2.75, 3.05) is 6.54 Å². The summed E-state index contributed by atoms with van der Waals surface area (Å²) in [5.74, 6) is 0. The number of aryl methyl sites for hydroxylation is 1. The van der Waals surface area contributed by atoms with Crippen LogP contribution in [0.2, 0.25) is 0 Å². The van der Waals surface area contributed by atoms with Gasteiger partial charge in [-0.2, -0.15) is 0 Å². The molecule has 0 aliphatic rings. The molecule has 0 saturated carbocycles. The number of hydrogen-bond acceptors (Lipinski definition) is 5. The second kappa shape index (κ2) is 5.45. The Kier molecular flexibility index (Phi) is 3.91. The molecule has 0 spiro atoms. The Labute approximate surface area is 117 Å². The minimum absolute atomic E-state index is 0.0501. The maximum Gasteiger partial charge on any atom is 0.274 e. The van der Waals surface area contributed by atoms with Crippen molar-refractivity contribution in [1.82, 2.24) is 15.0 Å². The van der Waals surface area contributed by atoms with Crippen LogP contribution >= 0.6 is 15.9 Å². The van der Waals surface area contributed by atoms with Crippen molar-refractivity contribution in [3.8, 4) is 5.69 Å². The number of nitro benzene ring substituents is 1. The average Bonchev–Trinajstić information content (AvgIpc) is 2.77. The number of rotatable bonds is 4. The highest BCUT2D eigenvalue weighted by molar-refractivity contribution is 9.10. The number of benzene rings is 1. The number of nitrogens with two attached hydrogens (primary N) is 1. The van der Waals surface area contributed by atoms with Crippen molar-refractivity contribution in [1.29, 1.82) is 0 Å². The quantitative estimate of drug-likeness (QED) is 0.681. The maximum absolute atomic E-state index is 11.0. The molecule has 2 aromatic rings. The first-order valence-electron chi connectivity index (χ1n) is 5.59. The Morgan fingerprint density at radius 3 is 2.89 bits per heavy atom. The summed E-state index contributed by atoms with van der Waals surface area (Å²) in [6, 6.07) is 3.16. The molecule has 2 rings (SSSR count). The summed E-state index contributed by atoms with van der Waals surface area (Å²) in [5.41, 5.74) is 7.41. The predicted octanol–water partition coefficient (Wildman–Crippen LogP) is 1.75. The van der Waals surface area contributed by atoms with E-state index in [2.05, 4.69) is 26.2 Å². The molecule has 0 fully saturated rings. The Morgan fingerprint density at radius 1 is 1.53 bits per heavy atom. The lowest BCUT2D eigenvalue weighted by atomic mass is 10.2. The third-order valence-electron chi connectivity index (χ3n) is 2.65. The Bertz CT molecular complexity index is 626. The van der Waals surface area contributed by atoms with E-state index >= 15 is 0 Å². The summed E-state index contributed by atoms with van der Waals surface area (Å²) in [6.07, 6.45) is 2.33. The molecule has 100 valence electrons. The van der Waals surface area contributed by atoms with Gasteiger partial charge in [0.25, 0.3) is 5.69 Å². The van der Waals surface area contributed by atoms with Crippen LogP contribution < -0.4 is 5.73 Å². The lowest BCUT2D eigenvalue weighted by Crippen LogP contribution is -2.02. The fourth-order valence-electron chi connectivity index (χ4n) is 1.70. The van der Waals surface area contributed by atoms with E-state index in [0.29, 0.717) is 24.2 Å². The van der Waals surface area contributed by atoms with Crippen LogP contribution in [0.3, 0.4) is 0 Å². The van der Waals surface area contributed by atoms with Gasteiger partial charge in [-0.3, -0.25) is 10.1 Å². The van der Waals surface area contributed by atoms with Gasteiger partial charge in [0.05, 0.1) is 22.5 Å². The van der Waals surface area contributed by atoms with Crippen LogP contribution in [0.4, 0.5) is 5.69 Å². The van der Waals surface area contributed by atoms with Crippen molar-refractivity contribution in [3.05, 3.63) is 44.2 Å². The highest BCUT2D eigenvalue weighted by Gasteiger charge is 2.16. The molecule has 0 amide bonds. The van der Waals surface area contributed by atoms with Crippen molar-refractivity contribution < 1.29 is 4.92 Å². The third kappa shape index (κ3) is 2.79. The van der Waals surface area contributed by atoms with Crippen molar-refractivity contribution in [2.24, 2.45) is 5.73 Å². The van der Waals surface area contributed by atoms with E-state index in [1.165, 1.54) is 10.7 Å². The molecule has 1 aromatic carbocycles. The Hall–Kier alpha value is -1.80. The fraction of sp³-hybridized carbons (Fsp3) is 0.273. The molecule has 0 saturated heterocycles. The second-order valence-corrected chi connectivity index (χ2v) is 4.89. The predicted molar refractivity (Wildman–Crippen MR) is 73.2 cm³/mol. The van der Waals surface area contributed by atoms with Gasteiger partial charge >= 0.3 is 0 Å². The molecule has 19 heavy (non-hydrogen) atoms. The monoisotopic (exact) mass is 325 g/mol. The van der Waals surface area contributed by atoms with Gasteiger partial charge in [-0.1, -0.05) is 5.21 Å². The van der Waals surface area contributed by atoms with Gasteiger partial charge < -0.3 is 5.73 Å². The molecule has 0 atom stereocenters. The number of nitro groups is 1. The second-order valence-electron chi connectivity index (χ2n) is 4.04. The van der Waals surface area contributed by atoms with Gasteiger partial charge in [-0.05, 0) is 35.5 Å². The third-order valence-corrected chi connectivity index (χ3v) is 3.29. The number of aromatic nitrogens is 3. The van der Waals surface area contributed by atoms with Crippen LogP contribution in [0, 0.1) is 17.0 Å². The maximum atomic E-state index is 11.0. The summed E-state index contributed by atoms with van der Waals surface area (Å²) in [6.45, 7) is 2.17. The SMILES string of the molecule is Cc1cc(Br)c(-n2cc(CCN)nn2)cc1[N+](=O)[O-]. The van der Waals surface area contributed by atoms with E-state index in [1.54, 1.807) is 19.2 Å². The summed E-state index contributed by atoms with van der Waals surface area (Å²) in [7, 11) is 0. The summed E-state index contributed by atoms with van der Waals surface area (Å²) < 4.78 is 2.22. The molecule has 0 bridgehead atoms. The topological polar surface area (TPSA) is 99.9 Å². The van der Waals surface area contributed by atoms with Crippen molar-refractivity contribution in [2.45, 2.75) is 13.3 Å². The molecule has 8 heteroatoms. The van der Waals surface area contributed by atoms with Crippen LogP contribution in [0.15, 0.2) is 22.8 Å². The number of nitrogens with zero attached hydrogens (tertiary/aromatic N) is 4. The van der Waals surface area contributed by atoms with E-state index in [1.807, 2.05) is 0 Å². The molecule has 7 nitrogen and oxygen atoms in total. The first-order valence-corrected chi connectivity index (χ1v) is 6.38. The standard InChI is InChI=1S/C11H12BrN5O2/c1-7-4-9(12)11(5-10(7)17(18)19)16-6-8(2-3-13)14-15-16/h4-6H,2-3,13H2,1H3. The highest BCUT2D eigenvalue weighted by Crippen LogP contribution is 2.29. The van der Waals surface area contributed by atoms with E-state index in [0.717, 1.165) is 10.2 Å². The smallest absolute Gasteiger partial charge is 0.274 e. The number of hydrogen-bond donors (Lipinski definition) is 1. The molecule has 2 N–H and O–H groups in total. The minimum atomic E-state index is -0.414. The molecule has 1 aromatic heterocycles. The lowest BCUT2D eigenvalue weighted by Gasteiger charge is -2.05. The molecule has 0 radical (unpaired) electrons. The zero-order valence-electron chi connectivity index (χ0n) is 10.2. The summed E-state index contributed by atoms with van der Waals surface area (Å²) in [5, 5.41) is 18.9.